The van der Waals surface area contributed by atoms with Crippen LogP contribution in [0.2, 0.25) is 5.02 Å². The molecule has 3 heterocycles. The van der Waals surface area contributed by atoms with Crippen LogP contribution in [0.4, 0.5) is 4.39 Å². The largest absolute Gasteiger partial charge is 0.373 e. The number of aryl methyl sites for hydroxylation is 3. The summed E-state index contributed by atoms with van der Waals surface area (Å²) in [4.78, 5) is 25.5. The van der Waals surface area contributed by atoms with Gasteiger partial charge >= 0.3 is 6.15 Å². The summed E-state index contributed by atoms with van der Waals surface area (Å²) in [7, 11) is 0. The van der Waals surface area contributed by atoms with E-state index >= 15 is 0 Å². The maximum Gasteiger partial charge on any atom is 0.373 e. The number of carbonyl (C=O) groups excluding carboxylic acids is 2. The summed E-state index contributed by atoms with van der Waals surface area (Å²) in [5.74, 6) is -0.341. The summed E-state index contributed by atoms with van der Waals surface area (Å²) in [5.41, 5.74) is 5.93. The molecule has 1 aromatic carbocycles. The molecule has 6 nitrogen and oxygen atoms in total. The molecule has 3 aromatic heterocycles. The zero-order valence-electron chi connectivity index (χ0n) is 19.2. The number of thiazole rings is 1. The molecule has 4 rings (SSSR count). The smallest absolute Gasteiger partial charge is 0.258 e. The Balaban J connectivity index is 0.00000103. The van der Waals surface area contributed by atoms with Gasteiger partial charge in [-0.05, 0) is 56.7 Å². The molecular formula is C24H22ClFN4O2S2. The van der Waals surface area contributed by atoms with Crippen molar-refractivity contribution in [1.82, 2.24) is 19.7 Å². The van der Waals surface area contributed by atoms with Crippen molar-refractivity contribution in [2.45, 2.75) is 44.1 Å². The van der Waals surface area contributed by atoms with E-state index in [1.807, 2.05) is 27.0 Å². The number of hydrogen-bond acceptors (Lipinski definition) is 7. The van der Waals surface area contributed by atoms with Crippen molar-refractivity contribution in [2.24, 2.45) is 0 Å². The normalized spacial score (nSPS) is 10.7. The van der Waals surface area contributed by atoms with E-state index in [0.717, 1.165) is 32.4 Å². The number of nitrogens with zero attached hydrogens (tertiary/aromatic N) is 4. The zero-order valence-corrected chi connectivity index (χ0v) is 21.6. The molecule has 10 heteroatoms. The first-order valence-corrected chi connectivity index (χ1v) is 12.3. The second-order valence-electron chi connectivity index (χ2n) is 7.72. The lowest BCUT2D eigenvalue weighted by Gasteiger charge is -2.06. The van der Waals surface area contributed by atoms with Gasteiger partial charge in [-0.25, -0.2) is 14.1 Å². The van der Waals surface area contributed by atoms with Crippen LogP contribution < -0.4 is 0 Å². The van der Waals surface area contributed by atoms with Crippen LogP contribution in [0.5, 0.6) is 0 Å². The third-order valence-electron chi connectivity index (χ3n) is 4.60. The van der Waals surface area contributed by atoms with Crippen molar-refractivity contribution in [1.29, 1.82) is 0 Å². The number of benzene rings is 1. The van der Waals surface area contributed by atoms with Gasteiger partial charge in [-0.1, -0.05) is 36.8 Å². The number of hydrogen-bond donors (Lipinski definition) is 0. The quantitative estimate of drug-likeness (QED) is 0.275. The summed E-state index contributed by atoms with van der Waals surface area (Å²) in [6, 6.07) is 8.66. The highest BCUT2D eigenvalue weighted by Gasteiger charge is 2.20. The lowest BCUT2D eigenvalue weighted by molar-refractivity contribution is -0.191. The van der Waals surface area contributed by atoms with E-state index in [1.54, 1.807) is 28.6 Å². The topological polar surface area (TPSA) is 77.7 Å². The average molecular weight is 517 g/mol. The molecule has 0 saturated heterocycles. The molecule has 0 N–H and O–H groups in total. The molecule has 0 atom stereocenters. The van der Waals surface area contributed by atoms with Crippen molar-refractivity contribution >= 4 is 40.9 Å². The van der Waals surface area contributed by atoms with Gasteiger partial charge in [0.15, 0.2) is 0 Å². The minimum absolute atomic E-state index is 0.250. The molecule has 176 valence electrons. The summed E-state index contributed by atoms with van der Waals surface area (Å²) >= 11 is 9.31. The summed E-state index contributed by atoms with van der Waals surface area (Å²) in [6.45, 7) is 10.2. The Labute approximate surface area is 210 Å². The van der Waals surface area contributed by atoms with E-state index in [4.69, 9.17) is 31.3 Å². The first-order valence-electron chi connectivity index (χ1n) is 10.3. The lowest BCUT2D eigenvalue weighted by atomic mass is 10.1. The maximum atomic E-state index is 14.6. The molecule has 0 aliphatic carbocycles. The second-order valence-corrected chi connectivity index (χ2v) is 11.0. The number of halogens is 2. The first kappa shape index (κ1) is 25.8. The molecule has 0 unspecified atom stereocenters. The van der Waals surface area contributed by atoms with Crippen LogP contribution in [0.3, 0.4) is 0 Å². The van der Waals surface area contributed by atoms with E-state index in [1.165, 1.54) is 17.4 Å². The van der Waals surface area contributed by atoms with Crippen molar-refractivity contribution in [3.63, 3.8) is 0 Å². The fraction of sp³-hybridized carbons (Fsp3) is 0.250. The Bertz CT molecular complexity index is 1340. The van der Waals surface area contributed by atoms with Gasteiger partial charge in [0.2, 0.25) is 5.13 Å². The van der Waals surface area contributed by atoms with Crippen LogP contribution in [0.1, 0.15) is 30.9 Å². The Morgan fingerprint density at radius 3 is 2.32 bits per heavy atom. The highest BCUT2D eigenvalue weighted by atomic mass is 35.5. The van der Waals surface area contributed by atoms with Crippen LogP contribution >= 0.6 is 34.7 Å². The summed E-state index contributed by atoms with van der Waals surface area (Å²) < 4.78 is 17.3. The number of thioether (sulfide) groups is 1. The fourth-order valence-corrected chi connectivity index (χ4v) is 5.97. The van der Waals surface area contributed by atoms with E-state index in [2.05, 4.69) is 31.0 Å². The molecule has 0 fully saturated rings. The van der Waals surface area contributed by atoms with Gasteiger partial charge in [0.1, 0.15) is 11.5 Å². The number of pyridine rings is 1. The van der Waals surface area contributed by atoms with Gasteiger partial charge in [-0.2, -0.15) is 14.7 Å². The first-order chi connectivity index (χ1) is 16.1. The zero-order chi connectivity index (χ0) is 25.0. The predicted octanol–water partition coefficient (Wildman–Crippen LogP) is 6.69. The lowest BCUT2D eigenvalue weighted by Crippen LogP contribution is -1.94. The fourth-order valence-electron chi connectivity index (χ4n) is 3.37. The highest BCUT2D eigenvalue weighted by molar-refractivity contribution is 8.01. The van der Waals surface area contributed by atoms with Crippen LogP contribution in [0.15, 0.2) is 40.7 Å². The Morgan fingerprint density at radius 1 is 1.06 bits per heavy atom. The molecule has 0 aliphatic heterocycles. The third-order valence-corrected chi connectivity index (χ3v) is 7.09. The van der Waals surface area contributed by atoms with Gasteiger partial charge < -0.3 is 0 Å². The van der Waals surface area contributed by atoms with Crippen molar-refractivity contribution in [3.05, 3.63) is 64.5 Å². The van der Waals surface area contributed by atoms with E-state index < -0.39 is 0 Å². The SMILES string of the molecule is Cc1cc(-c2cn(-c3nc(-c4cc(Cl)ccc4F)c(SC(C)C)s3)nc2C)cc(C)n1.O=C=O. The van der Waals surface area contributed by atoms with E-state index in [9.17, 15) is 4.39 Å². The van der Waals surface area contributed by atoms with Crippen molar-refractivity contribution in [2.75, 3.05) is 0 Å². The van der Waals surface area contributed by atoms with Crippen LogP contribution in [-0.4, -0.2) is 31.1 Å². The molecule has 0 aliphatic rings. The predicted molar refractivity (Wildman–Crippen MR) is 133 cm³/mol. The van der Waals surface area contributed by atoms with Crippen LogP contribution in [0.25, 0.3) is 27.5 Å². The summed E-state index contributed by atoms with van der Waals surface area (Å²) in [6.07, 6.45) is 2.23. The van der Waals surface area contributed by atoms with Gasteiger partial charge in [0.05, 0.1) is 9.90 Å². The van der Waals surface area contributed by atoms with Crippen LogP contribution in [-0.2, 0) is 9.59 Å². The molecule has 34 heavy (non-hydrogen) atoms. The minimum Gasteiger partial charge on any atom is -0.258 e. The van der Waals surface area contributed by atoms with E-state index in [0.29, 0.717) is 26.7 Å². The van der Waals surface area contributed by atoms with Crippen LogP contribution in [0, 0.1) is 26.6 Å². The molecular weight excluding hydrogens is 495 g/mol. The number of aromatic nitrogens is 4. The second kappa shape index (κ2) is 11.1. The van der Waals surface area contributed by atoms with Gasteiger partial charge in [0, 0.05) is 39.0 Å². The third kappa shape index (κ3) is 5.98. The Hall–Kier alpha value is -2.84. The van der Waals surface area contributed by atoms with Gasteiger partial charge in [0.25, 0.3) is 0 Å². The minimum atomic E-state index is -0.341. The molecule has 0 saturated carbocycles. The summed E-state index contributed by atoms with van der Waals surface area (Å²) in [5, 5.41) is 6.19. The number of rotatable bonds is 5. The molecule has 0 radical (unpaired) electrons. The van der Waals surface area contributed by atoms with Crippen molar-refractivity contribution < 1.29 is 14.0 Å². The Morgan fingerprint density at radius 2 is 1.71 bits per heavy atom. The molecule has 4 aromatic rings. The van der Waals surface area contributed by atoms with Gasteiger partial charge in [-0.15, -0.1) is 11.8 Å². The van der Waals surface area contributed by atoms with Gasteiger partial charge in [-0.3, -0.25) is 4.98 Å². The maximum absolute atomic E-state index is 14.6. The molecule has 0 bridgehead atoms. The molecule has 0 amide bonds. The standard InChI is InChI=1S/C23H22ClFN4S2.CO2/c1-12(2)30-22-21(18-10-17(24)6-7-20(18)25)27-23(31-22)29-11-19(15(5)28-29)16-8-13(3)26-14(4)9-16;2-1-3/h6-12H,1-5H3;. The Kier molecular flexibility index (Phi) is 8.38. The highest BCUT2D eigenvalue weighted by Crippen LogP contribution is 2.41. The monoisotopic (exact) mass is 516 g/mol. The molecule has 0 spiro atoms. The van der Waals surface area contributed by atoms with E-state index in [-0.39, 0.29) is 12.0 Å². The van der Waals surface area contributed by atoms with Crippen molar-refractivity contribution in [3.8, 4) is 27.5 Å². The average Bonchev–Trinajstić information content (AvgIpc) is 3.33.